The zero-order valence-electron chi connectivity index (χ0n) is 9.27. The number of nitrogens with zero attached hydrogens (tertiary/aromatic N) is 2. The molecule has 0 spiro atoms. The Hall–Kier alpha value is -1.47. The van der Waals surface area contributed by atoms with Crippen LogP contribution in [-0.4, -0.2) is 22.6 Å². The van der Waals surface area contributed by atoms with Gasteiger partial charge >= 0.3 is 0 Å². The minimum absolute atomic E-state index is 0.217. The number of anilines is 2. The Labute approximate surface area is 107 Å². The first-order valence-electron chi connectivity index (χ1n) is 5.20. The van der Waals surface area contributed by atoms with E-state index >= 15 is 0 Å². The molecule has 2 N–H and O–H groups in total. The van der Waals surface area contributed by atoms with Crippen molar-refractivity contribution in [1.82, 2.24) is 10.2 Å². The number of hydrogen-bond donors (Lipinski definition) is 2. The van der Waals surface area contributed by atoms with E-state index in [1.807, 2.05) is 16.8 Å². The third-order valence-electron chi connectivity index (χ3n) is 1.92. The molecule has 0 atom stereocenters. The highest BCUT2D eigenvalue weighted by molar-refractivity contribution is 7.17. The molecule has 0 bridgehead atoms. The van der Waals surface area contributed by atoms with Crippen molar-refractivity contribution < 1.29 is 4.79 Å². The summed E-state index contributed by atoms with van der Waals surface area (Å²) in [5.74, 6) is -0.217. The molecule has 0 saturated heterocycles. The molecule has 0 radical (unpaired) electrons. The lowest BCUT2D eigenvalue weighted by molar-refractivity contribution is 0.102. The molecule has 0 aliphatic heterocycles. The van der Waals surface area contributed by atoms with Gasteiger partial charge in [0.15, 0.2) is 0 Å². The Morgan fingerprint density at radius 2 is 2.35 bits per heavy atom. The molecular weight excluding hydrogens is 256 g/mol. The molecule has 1 amide bonds. The number of aromatic nitrogens is 2. The molecule has 0 aromatic carbocycles. The molecule has 2 aromatic heterocycles. The van der Waals surface area contributed by atoms with E-state index in [-0.39, 0.29) is 5.91 Å². The van der Waals surface area contributed by atoms with Crippen LogP contribution in [0.5, 0.6) is 0 Å². The second-order valence-corrected chi connectivity index (χ2v) is 5.06. The van der Waals surface area contributed by atoms with E-state index in [0.717, 1.165) is 18.7 Å². The second kappa shape index (κ2) is 5.74. The molecule has 2 aromatic rings. The average molecular weight is 268 g/mol. The van der Waals surface area contributed by atoms with Gasteiger partial charge in [-0.25, -0.2) is 0 Å². The SMILES string of the molecule is CCCNc1nnc(C(=O)Nc2ccsc2)s1. The van der Waals surface area contributed by atoms with Gasteiger partial charge < -0.3 is 10.6 Å². The Morgan fingerprint density at radius 1 is 1.47 bits per heavy atom. The van der Waals surface area contributed by atoms with Crippen molar-refractivity contribution in [1.29, 1.82) is 0 Å². The molecule has 0 aliphatic carbocycles. The van der Waals surface area contributed by atoms with Crippen molar-refractivity contribution in [2.45, 2.75) is 13.3 Å². The molecule has 7 heteroatoms. The minimum atomic E-state index is -0.217. The van der Waals surface area contributed by atoms with Crippen LogP contribution in [0.3, 0.4) is 0 Å². The number of carbonyl (C=O) groups is 1. The summed E-state index contributed by atoms with van der Waals surface area (Å²) in [4.78, 5) is 11.8. The van der Waals surface area contributed by atoms with E-state index in [1.165, 1.54) is 22.7 Å². The van der Waals surface area contributed by atoms with E-state index in [9.17, 15) is 4.79 Å². The van der Waals surface area contributed by atoms with Gasteiger partial charge in [-0.05, 0) is 17.9 Å². The summed E-state index contributed by atoms with van der Waals surface area (Å²) in [6.45, 7) is 2.90. The van der Waals surface area contributed by atoms with Gasteiger partial charge in [0, 0.05) is 11.9 Å². The highest BCUT2D eigenvalue weighted by Crippen LogP contribution is 2.18. The average Bonchev–Trinajstić information content (AvgIpc) is 2.96. The number of amides is 1. The third-order valence-corrected chi connectivity index (χ3v) is 3.49. The summed E-state index contributed by atoms with van der Waals surface area (Å²) in [6.07, 6.45) is 1.01. The number of thiophene rings is 1. The normalized spacial score (nSPS) is 10.2. The summed E-state index contributed by atoms with van der Waals surface area (Å²) in [5, 5.41) is 18.4. The fourth-order valence-electron chi connectivity index (χ4n) is 1.14. The molecule has 5 nitrogen and oxygen atoms in total. The number of rotatable bonds is 5. The van der Waals surface area contributed by atoms with Gasteiger partial charge in [-0.3, -0.25) is 4.79 Å². The second-order valence-electron chi connectivity index (χ2n) is 3.31. The Morgan fingerprint density at radius 3 is 3.06 bits per heavy atom. The van der Waals surface area contributed by atoms with Crippen LogP contribution < -0.4 is 10.6 Å². The Balaban J connectivity index is 1.97. The molecule has 0 saturated carbocycles. The van der Waals surface area contributed by atoms with Crippen LogP contribution in [0.4, 0.5) is 10.8 Å². The summed E-state index contributed by atoms with van der Waals surface area (Å²) in [5.41, 5.74) is 0.790. The molecular formula is C10H12N4OS2. The Kier molecular flexibility index (Phi) is 4.05. The minimum Gasteiger partial charge on any atom is -0.360 e. The molecule has 0 unspecified atom stereocenters. The molecule has 2 rings (SSSR count). The summed E-state index contributed by atoms with van der Waals surface area (Å²) < 4.78 is 0. The van der Waals surface area contributed by atoms with Crippen molar-refractivity contribution in [3.05, 3.63) is 21.8 Å². The Bertz CT molecular complexity index is 480. The third kappa shape index (κ3) is 3.24. The summed E-state index contributed by atoms with van der Waals surface area (Å²) in [7, 11) is 0. The highest BCUT2D eigenvalue weighted by atomic mass is 32.1. The van der Waals surface area contributed by atoms with Gasteiger partial charge in [0.25, 0.3) is 5.91 Å². The maximum Gasteiger partial charge on any atom is 0.286 e. The fourth-order valence-corrected chi connectivity index (χ4v) is 2.39. The van der Waals surface area contributed by atoms with Crippen molar-refractivity contribution in [2.75, 3.05) is 17.2 Å². The first-order chi connectivity index (χ1) is 8.29. The number of carbonyl (C=O) groups excluding carboxylic acids is 1. The molecule has 2 heterocycles. The van der Waals surface area contributed by atoms with E-state index < -0.39 is 0 Å². The van der Waals surface area contributed by atoms with Crippen molar-refractivity contribution in [3.63, 3.8) is 0 Å². The molecule has 0 fully saturated rings. The van der Waals surface area contributed by atoms with Crippen LogP contribution in [0.1, 0.15) is 23.1 Å². The van der Waals surface area contributed by atoms with Crippen LogP contribution in [0, 0.1) is 0 Å². The van der Waals surface area contributed by atoms with Gasteiger partial charge in [-0.15, -0.1) is 10.2 Å². The first kappa shape index (κ1) is 12.0. The van der Waals surface area contributed by atoms with Gasteiger partial charge in [0.2, 0.25) is 10.1 Å². The van der Waals surface area contributed by atoms with E-state index in [1.54, 1.807) is 0 Å². The van der Waals surface area contributed by atoms with Crippen molar-refractivity contribution in [2.24, 2.45) is 0 Å². The van der Waals surface area contributed by atoms with Gasteiger partial charge in [-0.2, -0.15) is 11.3 Å². The smallest absolute Gasteiger partial charge is 0.286 e. The zero-order valence-corrected chi connectivity index (χ0v) is 10.9. The standard InChI is InChI=1S/C10H12N4OS2/c1-2-4-11-10-14-13-9(17-10)8(15)12-7-3-5-16-6-7/h3,5-6H,2,4H2,1H3,(H,11,14)(H,12,15). The van der Waals surface area contributed by atoms with E-state index in [0.29, 0.717) is 10.1 Å². The maximum atomic E-state index is 11.8. The van der Waals surface area contributed by atoms with E-state index in [4.69, 9.17) is 0 Å². The topological polar surface area (TPSA) is 66.9 Å². The molecule has 90 valence electrons. The highest BCUT2D eigenvalue weighted by Gasteiger charge is 2.12. The first-order valence-corrected chi connectivity index (χ1v) is 6.96. The lowest BCUT2D eigenvalue weighted by Crippen LogP contribution is -2.10. The van der Waals surface area contributed by atoms with Gasteiger partial charge in [-0.1, -0.05) is 18.3 Å². The zero-order chi connectivity index (χ0) is 12.1. The monoisotopic (exact) mass is 268 g/mol. The summed E-state index contributed by atoms with van der Waals surface area (Å²) >= 11 is 2.79. The molecule has 0 aliphatic rings. The van der Waals surface area contributed by atoms with Crippen LogP contribution in [0.2, 0.25) is 0 Å². The predicted octanol–water partition coefficient (Wildman–Crippen LogP) is 2.67. The van der Waals surface area contributed by atoms with E-state index in [2.05, 4.69) is 27.8 Å². The van der Waals surface area contributed by atoms with Crippen molar-refractivity contribution >= 4 is 39.4 Å². The lowest BCUT2D eigenvalue weighted by Gasteiger charge is -1.97. The van der Waals surface area contributed by atoms with Gasteiger partial charge in [0.05, 0.1) is 5.69 Å². The van der Waals surface area contributed by atoms with Crippen molar-refractivity contribution in [3.8, 4) is 0 Å². The predicted molar refractivity (Wildman–Crippen MR) is 71.0 cm³/mol. The van der Waals surface area contributed by atoms with Crippen LogP contribution in [0.25, 0.3) is 0 Å². The van der Waals surface area contributed by atoms with Crippen LogP contribution in [-0.2, 0) is 0 Å². The van der Waals surface area contributed by atoms with Crippen LogP contribution >= 0.6 is 22.7 Å². The quantitative estimate of drug-likeness (QED) is 0.875. The maximum absolute atomic E-state index is 11.8. The lowest BCUT2D eigenvalue weighted by atomic mass is 10.5. The van der Waals surface area contributed by atoms with Crippen LogP contribution in [0.15, 0.2) is 16.8 Å². The fraction of sp³-hybridized carbons (Fsp3) is 0.300. The van der Waals surface area contributed by atoms with Gasteiger partial charge in [0.1, 0.15) is 0 Å². The molecule has 17 heavy (non-hydrogen) atoms. The number of hydrogen-bond acceptors (Lipinski definition) is 6. The number of nitrogens with one attached hydrogen (secondary N) is 2. The summed E-state index contributed by atoms with van der Waals surface area (Å²) in [6, 6.07) is 1.85. The largest absolute Gasteiger partial charge is 0.360 e.